The minimum absolute atomic E-state index is 0.108. The number of benzene rings is 1. The van der Waals surface area contributed by atoms with E-state index in [1.165, 1.54) is 0 Å². The summed E-state index contributed by atoms with van der Waals surface area (Å²) in [6.45, 7) is 2.83. The average molecular weight is 327 g/mol. The number of hydrogen-bond donors (Lipinski definition) is 1. The van der Waals surface area contributed by atoms with Crippen molar-refractivity contribution in [1.29, 1.82) is 0 Å². The average Bonchev–Trinajstić information content (AvgIpc) is 2.48. The smallest absolute Gasteiger partial charge is 0.236 e. The fourth-order valence-corrected chi connectivity index (χ4v) is 2.58. The van der Waals surface area contributed by atoms with E-state index < -0.39 is 0 Å². The number of nitrogens with zero attached hydrogens (tertiary/aromatic N) is 2. The number of rotatable bonds is 6. The molecule has 0 unspecified atom stereocenters. The highest BCUT2D eigenvalue weighted by molar-refractivity contribution is 6.30. The van der Waals surface area contributed by atoms with Gasteiger partial charge in [0.05, 0.1) is 12.6 Å². The Morgan fingerprint density at radius 1 is 1.45 bits per heavy atom. The number of amides is 1. The highest BCUT2D eigenvalue weighted by atomic mass is 35.5. The van der Waals surface area contributed by atoms with E-state index in [2.05, 4.69) is 0 Å². The Balaban J connectivity index is 1.67. The molecule has 1 fully saturated rings. The highest BCUT2D eigenvalue weighted by Gasteiger charge is 2.21. The van der Waals surface area contributed by atoms with E-state index in [0.717, 1.165) is 5.75 Å². The van der Waals surface area contributed by atoms with Crippen LogP contribution in [-0.4, -0.2) is 66.8 Å². The van der Waals surface area contributed by atoms with E-state index >= 15 is 0 Å². The first-order chi connectivity index (χ1) is 10.5. The Labute approximate surface area is 136 Å². The van der Waals surface area contributed by atoms with Gasteiger partial charge in [-0.2, -0.15) is 0 Å². The SMILES string of the molecule is CN(CCOc1cccc(Cl)c1)CC(=O)N1CCC(O)CC1. The number of likely N-dealkylation sites (tertiary alicyclic amines) is 1. The van der Waals surface area contributed by atoms with Gasteiger partial charge in [0.2, 0.25) is 5.91 Å². The number of aliphatic hydroxyl groups excluding tert-OH is 1. The molecule has 0 radical (unpaired) electrons. The maximum Gasteiger partial charge on any atom is 0.236 e. The fraction of sp³-hybridized carbons (Fsp3) is 0.562. The van der Waals surface area contributed by atoms with E-state index in [-0.39, 0.29) is 12.0 Å². The first kappa shape index (κ1) is 17.1. The first-order valence-corrected chi connectivity index (χ1v) is 7.95. The Kier molecular flexibility index (Phi) is 6.49. The molecule has 0 bridgehead atoms. The summed E-state index contributed by atoms with van der Waals surface area (Å²) < 4.78 is 5.61. The molecule has 2 rings (SSSR count). The maximum absolute atomic E-state index is 12.1. The van der Waals surface area contributed by atoms with Gasteiger partial charge in [0.15, 0.2) is 0 Å². The van der Waals surface area contributed by atoms with Gasteiger partial charge >= 0.3 is 0 Å². The molecule has 1 heterocycles. The topological polar surface area (TPSA) is 53.0 Å². The van der Waals surface area contributed by atoms with E-state index in [0.29, 0.717) is 50.7 Å². The van der Waals surface area contributed by atoms with Gasteiger partial charge in [0, 0.05) is 24.7 Å². The Morgan fingerprint density at radius 3 is 2.86 bits per heavy atom. The van der Waals surface area contributed by atoms with Crippen LogP contribution < -0.4 is 4.74 Å². The largest absolute Gasteiger partial charge is 0.492 e. The van der Waals surface area contributed by atoms with E-state index in [4.69, 9.17) is 16.3 Å². The maximum atomic E-state index is 12.1. The number of hydrogen-bond acceptors (Lipinski definition) is 4. The van der Waals surface area contributed by atoms with E-state index in [1.54, 1.807) is 12.1 Å². The molecule has 6 heteroatoms. The molecule has 0 aliphatic carbocycles. The molecule has 1 amide bonds. The molecular formula is C16H23ClN2O3. The summed E-state index contributed by atoms with van der Waals surface area (Å²) in [4.78, 5) is 15.9. The van der Waals surface area contributed by atoms with Crippen molar-refractivity contribution < 1.29 is 14.6 Å². The monoisotopic (exact) mass is 326 g/mol. The number of carbonyl (C=O) groups is 1. The van der Waals surface area contributed by atoms with Crippen LogP contribution in [0.1, 0.15) is 12.8 Å². The third kappa shape index (κ3) is 5.48. The van der Waals surface area contributed by atoms with E-state index in [9.17, 15) is 9.90 Å². The summed E-state index contributed by atoms with van der Waals surface area (Å²) in [5.74, 6) is 0.842. The number of piperidine rings is 1. The van der Waals surface area contributed by atoms with Crippen molar-refractivity contribution in [2.24, 2.45) is 0 Å². The van der Waals surface area contributed by atoms with Gasteiger partial charge in [0.1, 0.15) is 12.4 Å². The lowest BCUT2D eigenvalue weighted by atomic mass is 10.1. The van der Waals surface area contributed by atoms with Gasteiger partial charge in [-0.05, 0) is 38.1 Å². The van der Waals surface area contributed by atoms with Gasteiger partial charge in [-0.15, -0.1) is 0 Å². The summed E-state index contributed by atoms with van der Waals surface area (Å²) >= 11 is 5.89. The van der Waals surface area contributed by atoms with Gasteiger partial charge in [-0.3, -0.25) is 9.69 Å². The van der Waals surface area contributed by atoms with Crippen molar-refractivity contribution in [2.45, 2.75) is 18.9 Å². The fourth-order valence-electron chi connectivity index (χ4n) is 2.40. The lowest BCUT2D eigenvalue weighted by Crippen LogP contribution is -2.44. The van der Waals surface area contributed by atoms with Crippen molar-refractivity contribution in [3.63, 3.8) is 0 Å². The molecule has 1 aliphatic heterocycles. The zero-order chi connectivity index (χ0) is 15.9. The van der Waals surface area contributed by atoms with Gasteiger partial charge < -0.3 is 14.7 Å². The standard InChI is InChI=1S/C16H23ClN2O3/c1-18(9-10-22-15-4-2-3-13(17)11-15)12-16(21)19-7-5-14(20)6-8-19/h2-4,11,14,20H,5-10,12H2,1H3. The number of ether oxygens (including phenoxy) is 1. The minimum Gasteiger partial charge on any atom is -0.492 e. The second-order valence-corrected chi connectivity index (χ2v) is 6.09. The van der Waals surface area contributed by atoms with E-state index in [1.807, 2.05) is 29.0 Å². The Morgan fingerprint density at radius 2 is 2.18 bits per heavy atom. The second kappa shape index (κ2) is 8.36. The first-order valence-electron chi connectivity index (χ1n) is 7.57. The third-order valence-corrected chi connectivity index (χ3v) is 4.00. The van der Waals surface area contributed by atoms with Crippen molar-refractivity contribution >= 4 is 17.5 Å². The number of aliphatic hydroxyl groups is 1. The summed E-state index contributed by atoms with van der Waals surface area (Å²) in [5.41, 5.74) is 0. The number of likely N-dealkylation sites (N-methyl/N-ethyl adjacent to an activating group) is 1. The number of halogens is 1. The van der Waals surface area contributed by atoms with Gasteiger partial charge in [-0.25, -0.2) is 0 Å². The van der Waals surface area contributed by atoms with Crippen LogP contribution in [0.3, 0.4) is 0 Å². The lowest BCUT2D eigenvalue weighted by molar-refractivity contribution is -0.134. The molecule has 0 spiro atoms. The molecule has 22 heavy (non-hydrogen) atoms. The molecule has 0 atom stereocenters. The molecule has 0 aromatic heterocycles. The molecule has 5 nitrogen and oxygen atoms in total. The summed E-state index contributed by atoms with van der Waals surface area (Å²) in [5, 5.41) is 10.1. The molecule has 0 saturated carbocycles. The van der Waals surface area contributed by atoms with Crippen LogP contribution in [0.25, 0.3) is 0 Å². The molecule has 1 N–H and O–H groups in total. The van der Waals surface area contributed by atoms with Gasteiger partial charge in [0.25, 0.3) is 0 Å². The molecule has 1 aromatic carbocycles. The molecular weight excluding hydrogens is 304 g/mol. The lowest BCUT2D eigenvalue weighted by Gasteiger charge is -2.31. The van der Waals surface area contributed by atoms with Crippen molar-refractivity contribution in [1.82, 2.24) is 9.80 Å². The number of carbonyl (C=O) groups excluding carboxylic acids is 1. The van der Waals surface area contributed by atoms with Crippen LogP contribution in [-0.2, 0) is 4.79 Å². The normalized spacial score (nSPS) is 16.1. The van der Waals surface area contributed by atoms with Crippen LogP contribution in [0.5, 0.6) is 5.75 Å². The predicted molar refractivity (Wildman–Crippen MR) is 86.3 cm³/mol. The minimum atomic E-state index is -0.257. The summed E-state index contributed by atoms with van der Waals surface area (Å²) in [6, 6.07) is 7.27. The Bertz CT molecular complexity index is 490. The van der Waals surface area contributed by atoms with Crippen LogP contribution in [0, 0.1) is 0 Å². The van der Waals surface area contributed by atoms with Crippen LogP contribution in [0.2, 0.25) is 5.02 Å². The zero-order valence-corrected chi connectivity index (χ0v) is 13.6. The summed E-state index contributed by atoms with van der Waals surface area (Å²) in [7, 11) is 1.90. The van der Waals surface area contributed by atoms with Crippen LogP contribution in [0.4, 0.5) is 0 Å². The quantitative estimate of drug-likeness (QED) is 0.863. The second-order valence-electron chi connectivity index (χ2n) is 5.66. The summed E-state index contributed by atoms with van der Waals surface area (Å²) in [6.07, 6.45) is 1.09. The zero-order valence-electron chi connectivity index (χ0n) is 12.9. The molecule has 122 valence electrons. The highest BCUT2D eigenvalue weighted by Crippen LogP contribution is 2.17. The molecule has 1 aliphatic rings. The Hall–Kier alpha value is -1.30. The predicted octanol–water partition coefficient (Wildman–Crippen LogP) is 1.63. The van der Waals surface area contributed by atoms with Crippen molar-refractivity contribution in [2.75, 3.05) is 39.8 Å². The van der Waals surface area contributed by atoms with Crippen LogP contribution >= 0.6 is 11.6 Å². The van der Waals surface area contributed by atoms with Gasteiger partial charge in [-0.1, -0.05) is 17.7 Å². The van der Waals surface area contributed by atoms with Crippen molar-refractivity contribution in [3.05, 3.63) is 29.3 Å². The van der Waals surface area contributed by atoms with Crippen LogP contribution in [0.15, 0.2) is 24.3 Å². The van der Waals surface area contributed by atoms with Crippen molar-refractivity contribution in [3.8, 4) is 5.75 Å². The molecule has 1 saturated heterocycles. The third-order valence-electron chi connectivity index (χ3n) is 3.76. The molecule has 1 aromatic rings.